The molecule has 7 heteroatoms. The molecule has 23 heavy (non-hydrogen) atoms. The van der Waals surface area contributed by atoms with E-state index in [4.69, 9.17) is 10.00 Å². The molecule has 1 aromatic heterocycles. The standard InChI is InChI=1S/C16H21FN4O2/c1-15(2,3)23-14(22)20-16(4)5-6-21(10-16)13-11(7-18)8-19-9-12(13)17/h8-9H,5-6,10H2,1-4H3,(H,20,22)/t16-/m0/s1. The van der Waals surface area contributed by atoms with Crippen LogP contribution in [0.4, 0.5) is 14.9 Å². The van der Waals surface area contributed by atoms with E-state index in [1.165, 1.54) is 6.20 Å². The van der Waals surface area contributed by atoms with Crippen molar-refractivity contribution in [1.29, 1.82) is 5.26 Å². The van der Waals surface area contributed by atoms with Gasteiger partial charge in [0.25, 0.3) is 0 Å². The van der Waals surface area contributed by atoms with Crippen LogP contribution in [0.1, 0.15) is 39.7 Å². The number of nitrogens with one attached hydrogen (secondary N) is 1. The van der Waals surface area contributed by atoms with Gasteiger partial charge in [0.1, 0.15) is 11.7 Å². The third-order valence-electron chi connectivity index (χ3n) is 3.59. The Morgan fingerprint density at radius 3 is 2.83 bits per heavy atom. The molecule has 0 aliphatic carbocycles. The van der Waals surface area contributed by atoms with E-state index in [2.05, 4.69) is 10.3 Å². The van der Waals surface area contributed by atoms with Crippen LogP contribution in [0.2, 0.25) is 0 Å². The second kappa shape index (κ2) is 6.03. The number of hydrogen-bond acceptors (Lipinski definition) is 5. The summed E-state index contributed by atoms with van der Waals surface area (Å²) in [5, 5.41) is 12.0. The third kappa shape index (κ3) is 4.09. The van der Waals surface area contributed by atoms with Gasteiger partial charge in [0.05, 0.1) is 23.0 Å². The van der Waals surface area contributed by atoms with Crippen LogP contribution in [0, 0.1) is 17.1 Å². The van der Waals surface area contributed by atoms with E-state index in [0.29, 0.717) is 19.5 Å². The summed E-state index contributed by atoms with van der Waals surface area (Å²) in [6, 6.07) is 1.96. The summed E-state index contributed by atoms with van der Waals surface area (Å²) in [5.74, 6) is -0.537. The summed E-state index contributed by atoms with van der Waals surface area (Å²) in [7, 11) is 0. The van der Waals surface area contributed by atoms with Crippen LogP contribution in [0.3, 0.4) is 0 Å². The van der Waals surface area contributed by atoms with Crippen molar-refractivity contribution in [2.45, 2.75) is 45.3 Å². The number of hydrogen-bond donors (Lipinski definition) is 1. The van der Waals surface area contributed by atoms with Gasteiger partial charge in [-0.3, -0.25) is 4.98 Å². The zero-order valence-electron chi connectivity index (χ0n) is 13.8. The number of nitrogens with zero attached hydrogens (tertiary/aromatic N) is 3. The number of rotatable bonds is 2. The van der Waals surface area contributed by atoms with Gasteiger partial charge in [-0.2, -0.15) is 5.26 Å². The maximum absolute atomic E-state index is 14.1. The van der Waals surface area contributed by atoms with Gasteiger partial charge in [-0.1, -0.05) is 0 Å². The van der Waals surface area contributed by atoms with Gasteiger partial charge in [-0.15, -0.1) is 0 Å². The predicted molar refractivity (Wildman–Crippen MR) is 83.5 cm³/mol. The lowest BCUT2D eigenvalue weighted by molar-refractivity contribution is 0.0473. The molecule has 2 rings (SSSR count). The molecular formula is C16H21FN4O2. The number of carbonyl (C=O) groups is 1. The second-order valence-corrected chi connectivity index (χ2v) is 6.99. The lowest BCUT2D eigenvalue weighted by Crippen LogP contribution is -2.49. The molecule has 1 saturated heterocycles. The van der Waals surface area contributed by atoms with Crippen LogP contribution in [0.25, 0.3) is 0 Å². The van der Waals surface area contributed by atoms with E-state index in [1.807, 2.05) is 13.0 Å². The Hall–Kier alpha value is -2.36. The van der Waals surface area contributed by atoms with Crippen molar-refractivity contribution in [2.75, 3.05) is 18.0 Å². The maximum Gasteiger partial charge on any atom is 0.408 e. The van der Waals surface area contributed by atoms with Crippen molar-refractivity contribution in [2.24, 2.45) is 0 Å². The minimum absolute atomic E-state index is 0.187. The average Bonchev–Trinajstić information content (AvgIpc) is 2.77. The number of ether oxygens (including phenoxy) is 1. The Balaban J connectivity index is 2.12. The number of amides is 1. The maximum atomic E-state index is 14.1. The van der Waals surface area contributed by atoms with Crippen molar-refractivity contribution in [3.05, 3.63) is 23.8 Å². The second-order valence-electron chi connectivity index (χ2n) is 6.99. The van der Waals surface area contributed by atoms with Gasteiger partial charge < -0.3 is 15.0 Å². The Morgan fingerprint density at radius 2 is 2.22 bits per heavy atom. The lowest BCUT2D eigenvalue weighted by Gasteiger charge is -2.29. The number of carbonyl (C=O) groups excluding carboxylic acids is 1. The first-order valence-corrected chi connectivity index (χ1v) is 7.43. The smallest absolute Gasteiger partial charge is 0.408 e. The predicted octanol–water partition coefficient (Wildman–Crippen LogP) is 2.59. The summed E-state index contributed by atoms with van der Waals surface area (Å²) >= 11 is 0. The van der Waals surface area contributed by atoms with Crippen molar-refractivity contribution in [1.82, 2.24) is 10.3 Å². The SMILES string of the molecule is CC(C)(C)OC(=O)N[C@@]1(C)CCN(c2c(F)cncc2C#N)C1. The normalized spacial score (nSPS) is 21.0. The van der Waals surface area contributed by atoms with Crippen molar-refractivity contribution < 1.29 is 13.9 Å². The number of nitriles is 1. The van der Waals surface area contributed by atoms with Crippen molar-refractivity contribution in [3.8, 4) is 6.07 Å². The quantitative estimate of drug-likeness (QED) is 0.906. The molecule has 0 bridgehead atoms. The molecule has 6 nitrogen and oxygen atoms in total. The topological polar surface area (TPSA) is 78.2 Å². The highest BCUT2D eigenvalue weighted by Gasteiger charge is 2.38. The van der Waals surface area contributed by atoms with Crippen LogP contribution < -0.4 is 10.2 Å². The van der Waals surface area contributed by atoms with Crippen molar-refractivity contribution >= 4 is 11.8 Å². The van der Waals surface area contributed by atoms with Gasteiger partial charge in [0.15, 0.2) is 5.82 Å². The van der Waals surface area contributed by atoms with Gasteiger partial charge in [0, 0.05) is 19.3 Å². The molecular weight excluding hydrogens is 299 g/mol. The Kier molecular flexibility index (Phi) is 4.46. The minimum Gasteiger partial charge on any atom is -0.444 e. The first-order chi connectivity index (χ1) is 10.6. The minimum atomic E-state index is -0.579. The summed E-state index contributed by atoms with van der Waals surface area (Å²) in [6.45, 7) is 8.18. The summed E-state index contributed by atoms with van der Waals surface area (Å²) in [4.78, 5) is 17.4. The Labute approximate surface area is 135 Å². The van der Waals surface area contributed by atoms with Gasteiger partial charge >= 0.3 is 6.09 Å². The highest BCUT2D eigenvalue weighted by molar-refractivity contribution is 5.69. The fraction of sp³-hybridized carbons (Fsp3) is 0.562. The fourth-order valence-corrected chi connectivity index (χ4v) is 2.64. The van der Waals surface area contributed by atoms with E-state index in [1.54, 1.807) is 25.7 Å². The Bertz CT molecular complexity index is 650. The third-order valence-corrected chi connectivity index (χ3v) is 3.59. The molecule has 0 radical (unpaired) electrons. The van der Waals surface area contributed by atoms with E-state index < -0.39 is 23.1 Å². The Morgan fingerprint density at radius 1 is 1.52 bits per heavy atom. The monoisotopic (exact) mass is 320 g/mol. The molecule has 0 saturated carbocycles. The first-order valence-electron chi connectivity index (χ1n) is 7.43. The highest BCUT2D eigenvalue weighted by atomic mass is 19.1. The largest absolute Gasteiger partial charge is 0.444 e. The zero-order valence-corrected chi connectivity index (χ0v) is 13.8. The first kappa shape index (κ1) is 17.0. The van der Waals surface area contributed by atoms with Crippen LogP contribution in [0.15, 0.2) is 12.4 Å². The number of pyridine rings is 1. The summed E-state index contributed by atoms with van der Waals surface area (Å²) in [6.07, 6.45) is 2.55. The van der Waals surface area contributed by atoms with E-state index in [-0.39, 0.29) is 11.3 Å². The number of alkyl carbamates (subject to hydrolysis) is 1. The van der Waals surface area contributed by atoms with Crippen LogP contribution in [0.5, 0.6) is 0 Å². The fourth-order valence-electron chi connectivity index (χ4n) is 2.64. The highest BCUT2D eigenvalue weighted by Crippen LogP contribution is 2.30. The van der Waals surface area contributed by atoms with Crippen LogP contribution in [-0.2, 0) is 4.74 Å². The molecule has 0 unspecified atom stereocenters. The number of halogens is 1. The molecule has 1 amide bonds. The van der Waals surface area contributed by atoms with Crippen LogP contribution in [-0.4, -0.2) is 35.3 Å². The molecule has 1 N–H and O–H groups in total. The molecule has 1 atom stereocenters. The number of aromatic nitrogens is 1. The molecule has 1 aromatic rings. The van der Waals surface area contributed by atoms with E-state index >= 15 is 0 Å². The molecule has 1 aliphatic heterocycles. The average molecular weight is 320 g/mol. The molecule has 2 heterocycles. The molecule has 0 spiro atoms. The molecule has 0 aromatic carbocycles. The van der Waals surface area contributed by atoms with Gasteiger partial charge in [0.2, 0.25) is 0 Å². The summed E-state index contributed by atoms with van der Waals surface area (Å²) in [5.41, 5.74) is -0.710. The van der Waals surface area contributed by atoms with Crippen LogP contribution >= 0.6 is 0 Å². The van der Waals surface area contributed by atoms with E-state index in [9.17, 15) is 9.18 Å². The molecule has 1 fully saturated rings. The summed E-state index contributed by atoms with van der Waals surface area (Å²) < 4.78 is 19.3. The zero-order chi connectivity index (χ0) is 17.3. The molecule has 1 aliphatic rings. The number of anilines is 1. The lowest BCUT2D eigenvalue weighted by atomic mass is 10.0. The van der Waals surface area contributed by atoms with Gasteiger partial charge in [-0.05, 0) is 34.1 Å². The van der Waals surface area contributed by atoms with E-state index in [0.717, 1.165) is 6.20 Å². The van der Waals surface area contributed by atoms with Crippen molar-refractivity contribution in [3.63, 3.8) is 0 Å². The van der Waals surface area contributed by atoms with Gasteiger partial charge in [-0.25, -0.2) is 9.18 Å². The molecule has 124 valence electrons.